The van der Waals surface area contributed by atoms with Crippen molar-refractivity contribution in [3.63, 3.8) is 0 Å². The number of nitrogens with zero attached hydrogens (tertiary/aromatic N) is 4. The number of benzene rings is 10. The van der Waals surface area contributed by atoms with Crippen LogP contribution < -0.4 is 0 Å². The first kappa shape index (κ1) is 45.7. The average Bonchev–Trinajstić information content (AvgIpc) is 3.93. The van der Waals surface area contributed by atoms with Crippen LogP contribution >= 0.6 is 0 Å². The minimum absolute atomic E-state index is 0.114. The summed E-state index contributed by atoms with van der Waals surface area (Å²) in [5.41, 5.74) is 16.0. The van der Waals surface area contributed by atoms with Crippen LogP contribution in [0.5, 0.6) is 0 Å². The molecular formula is C67H45F3N4. The van der Waals surface area contributed by atoms with Gasteiger partial charge in [0.15, 0.2) is 0 Å². The zero-order valence-corrected chi connectivity index (χ0v) is 41.0. The predicted molar refractivity (Wildman–Crippen MR) is 296 cm³/mol. The molecule has 0 bridgehead atoms. The van der Waals surface area contributed by atoms with Gasteiger partial charge in [0.1, 0.15) is 6.07 Å². The molecule has 2 aromatic heterocycles. The van der Waals surface area contributed by atoms with E-state index < -0.39 is 11.7 Å². The van der Waals surface area contributed by atoms with Crippen LogP contribution in [0.4, 0.5) is 13.2 Å². The SMILES string of the molecule is Cc1ccccc1-c1ccc2c(c1)c1cc(-c3ccccc3C)ccc1n2-c1cc(-c2ccc(C#N)cc2C(F)(F)F)c(-n2c3ccc(-c4ccccc4C)cc3c3cc(-c4ccccc4C)ccc32)cc1C#N. The lowest BCUT2D eigenvalue weighted by Gasteiger charge is -2.21. The summed E-state index contributed by atoms with van der Waals surface area (Å²) in [6.45, 7) is 8.33. The second kappa shape index (κ2) is 17.7. The molecular weight excluding hydrogens is 918 g/mol. The van der Waals surface area contributed by atoms with Gasteiger partial charge in [-0.1, -0.05) is 127 Å². The van der Waals surface area contributed by atoms with E-state index in [0.29, 0.717) is 11.4 Å². The van der Waals surface area contributed by atoms with Gasteiger partial charge in [-0.3, -0.25) is 0 Å². The summed E-state index contributed by atoms with van der Waals surface area (Å²) in [6.07, 6.45) is -4.84. The number of rotatable bonds is 7. The Morgan fingerprint density at radius 1 is 0.351 bits per heavy atom. The molecule has 10 aromatic carbocycles. The van der Waals surface area contributed by atoms with E-state index in [0.717, 1.165) is 116 Å². The third-order valence-electron chi connectivity index (χ3n) is 14.8. The van der Waals surface area contributed by atoms with E-state index in [-0.39, 0.29) is 22.3 Å². The molecule has 12 rings (SSSR count). The topological polar surface area (TPSA) is 57.4 Å². The number of alkyl halides is 3. The zero-order chi connectivity index (χ0) is 51.0. The third kappa shape index (κ3) is 7.52. The summed E-state index contributed by atoms with van der Waals surface area (Å²) in [6, 6.07) is 69.6. The van der Waals surface area contributed by atoms with Gasteiger partial charge in [-0.2, -0.15) is 23.7 Å². The van der Waals surface area contributed by atoms with E-state index in [9.17, 15) is 10.5 Å². The Morgan fingerprint density at radius 3 is 1.05 bits per heavy atom. The Morgan fingerprint density at radius 2 is 0.716 bits per heavy atom. The zero-order valence-electron chi connectivity index (χ0n) is 41.0. The highest BCUT2D eigenvalue weighted by Crippen LogP contribution is 2.47. The first-order valence-electron chi connectivity index (χ1n) is 24.5. The van der Waals surface area contributed by atoms with Gasteiger partial charge < -0.3 is 9.13 Å². The van der Waals surface area contributed by atoms with Crippen LogP contribution in [0.1, 0.15) is 38.9 Å². The minimum atomic E-state index is -4.84. The summed E-state index contributed by atoms with van der Waals surface area (Å²) in [5, 5.41) is 25.1. The number of halogens is 3. The highest BCUT2D eigenvalue weighted by Gasteiger charge is 2.36. The molecule has 0 N–H and O–H groups in total. The van der Waals surface area contributed by atoms with E-state index in [1.807, 2.05) is 88.0 Å². The molecule has 0 atom stereocenters. The summed E-state index contributed by atoms with van der Waals surface area (Å²) < 4.78 is 51.1. The number of fused-ring (bicyclic) bond motifs is 6. The van der Waals surface area contributed by atoms with Crippen LogP contribution in [-0.4, -0.2) is 9.13 Å². The van der Waals surface area contributed by atoms with Gasteiger partial charge in [-0.15, -0.1) is 0 Å². The Bertz CT molecular complexity index is 4180. The number of aryl methyl sites for hydroxylation is 4. The molecule has 0 unspecified atom stereocenters. The monoisotopic (exact) mass is 962 g/mol. The normalized spacial score (nSPS) is 11.7. The molecule has 4 nitrogen and oxygen atoms in total. The van der Waals surface area contributed by atoms with E-state index in [4.69, 9.17) is 0 Å². The molecule has 2 heterocycles. The highest BCUT2D eigenvalue weighted by atomic mass is 19.4. The Labute approximate surface area is 426 Å². The Hall–Kier alpha value is -9.43. The van der Waals surface area contributed by atoms with E-state index in [1.54, 1.807) is 12.1 Å². The van der Waals surface area contributed by atoms with Crippen LogP contribution in [0.15, 0.2) is 200 Å². The lowest BCUT2D eigenvalue weighted by Crippen LogP contribution is -2.10. The van der Waals surface area contributed by atoms with E-state index in [2.05, 4.69) is 131 Å². The van der Waals surface area contributed by atoms with Gasteiger partial charge >= 0.3 is 6.18 Å². The van der Waals surface area contributed by atoms with Crippen LogP contribution in [0.25, 0.3) is 111 Å². The van der Waals surface area contributed by atoms with Crippen LogP contribution in [0.3, 0.4) is 0 Å². The van der Waals surface area contributed by atoms with Gasteiger partial charge in [-0.25, -0.2) is 0 Å². The van der Waals surface area contributed by atoms with Gasteiger partial charge in [0, 0.05) is 27.1 Å². The smallest absolute Gasteiger partial charge is 0.309 e. The van der Waals surface area contributed by atoms with Crippen LogP contribution in [0, 0.1) is 50.4 Å². The fourth-order valence-electron chi connectivity index (χ4n) is 11.2. The van der Waals surface area contributed by atoms with Crippen molar-refractivity contribution in [2.45, 2.75) is 33.9 Å². The molecule has 0 saturated heterocycles. The van der Waals surface area contributed by atoms with Gasteiger partial charge in [0.05, 0.1) is 56.2 Å². The molecule has 0 radical (unpaired) electrons. The Balaban J connectivity index is 1.20. The minimum Gasteiger partial charge on any atom is -0.309 e. The number of nitriles is 2. The van der Waals surface area contributed by atoms with Gasteiger partial charge in [-0.05, 0) is 173 Å². The molecule has 0 amide bonds. The maximum atomic E-state index is 15.7. The largest absolute Gasteiger partial charge is 0.417 e. The second-order valence-electron chi connectivity index (χ2n) is 19.2. The van der Waals surface area contributed by atoms with Crippen molar-refractivity contribution in [1.82, 2.24) is 9.13 Å². The molecule has 0 fully saturated rings. The van der Waals surface area contributed by atoms with Crippen LogP contribution in [-0.2, 0) is 6.18 Å². The predicted octanol–water partition coefficient (Wildman–Crippen LogP) is 18.2. The molecule has 0 aliphatic carbocycles. The van der Waals surface area contributed by atoms with Crippen molar-refractivity contribution in [1.29, 1.82) is 10.5 Å². The molecule has 12 aromatic rings. The lowest BCUT2D eigenvalue weighted by atomic mass is 9.93. The molecule has 354 valence electrons. The fourth-order valence-corrected chi connectivity index (χ4v) is 11.2. The molecule has 0 aliphatic heterocycles. The first-order chi connectivity index (χ1) is 35.9. The van der Waals surface area contributed by atoms with E-state index in [1.165, 1.54) is 12.1 Å². The van der Waals surface area contributed by atoms with Crippen molar-refractivity contribution < 1.29 is 13.2 Å². The number of aromatic nitrogens is 2. The summed E-state index contributed by atoms with van der Waals surface area (Å²) >= 11 is 0. The molecule has 0 spiro atoms. The molecule has 0 aliphatic rings. The number of hydrogen-bond donors (Lipinski definition) is 0. The summed E-state index contributed by atoms with van der Waals surface area (Å²) in [4.78, 5) is 0. The van der Waals surface area contributed by atoms with Crippen molar-refractivity contribution in [2.75, 3.05) is 0 Å². The third-order valence-corrected chi connectivity index (χ3v) is 14.8. The maximum Gasteiger partial charge on any atom is 0.417 e. The standard InChI is InChI=1S/C67H45F3N4/c1-40-13-5-9-17-50(40)45-22-27-61-55(32-45)56-33-46(51-18-10-6-14-41(51)2)23-28-62(56)73(61)65-37-59(54-26-21-44(38-71)31-60(54)67(68,69)70)66(36-49(65)39-72)74-63-29-24-47(52-19-11-7-15-42(52)3)34-57(63)58-35-48(25-30-64(58)74)53-20-12-8-16-43(53)4/h5-37H,1-4H3. The molecule has 74 heavy (non-hydrogen) atoms. The van der Waals surface area contributed by atoms with Crippen LogP contribution in [0.2, 0.25) is 0 Å². The van der Waals surface area contributed by atoms with Crippen molar-refractivity contribution in [3.8, 4) is 79.1 Å². The molecule has 0 saturated carbocycles. The quantitative estimate of drug-likeness (QED) is 0.160. The molecule has 7 heteroatoms. The lowest BCUT2D eigenvalue weighted by molar-refractivity contribution is -0.137. The summed E-state index contributed by atoms with van der Waals surface area (Å²) in [7, 11) is 0. The Kier molecular flexibility index (Phi) is 10.9. The number of hydrogen-bond acceptors (Lipinski definition) is 2. The first-order valence-corrected chi connectivity index (χ1v) is 24.5. The van der Waals surface area contributed by atoms with E-state index >= 15 is 13.2 Å². The fraction of sp³-hybridized carbons (Fsp3) is 0.0746. The van der Waals surface area contributed by atoms with Crippen molar-refractivity contribution in [3.05, 3.63) is 239 Å². The second-order valence-corrected chi connectivity index (χ2v) is 19.2. The van der Waals surface area contributed by atoms with Gasteiger partial charge in [0.2, 0.25) is 0 Å². The van der Waals surface area contributed by atoms with Crippen molar-refractivity contribution >= 4 is 43.6 Å². The maximum absolute atomic E-state index is 15.7. The van der Waals surface area contributed by atoms with Gasteiger partial charge in [0.25, 0.3) is 0 Å². The summed E-state index contributed by atoms with van der Waals surface area (Å²) in [5.74, 6) is 0. The van der Waals surface area contributed by atoms with Crippen molar-refractivity contribution in [2.24, 2.45) is 0 Å². The average molecular weight is 963 g/mol. The highest BCUT2D eigenvalue weighted by molar-refractivity contribution is 6.14.